The van der Waals surface area contributed by atoms with E-state index in [1.54, 1.807) is 0 Å². The van der Waals surface area contributed by atoms with Crippen molar-refractivity contribution >= 4 is 42.3 Å². The highest BCUT2D eigenvalue weighted by Gasteiger charge is 2.17. The van der Waals surface area contributed by atoms with Crippen LogP contribution in [0.15, 0.2) is 212 Å². The molecule has 0 spiro atoms. The maximum atomic E-state index is 5.11. The van der Waals surface area contributed by atoms with Gasteiger partial charge in [0.15, 0.2) is 17.5 Å². The fourth-order valence-corrected chi connectivity index (χ4v) is 9.33. The van der Waals surface area contributed by atoms with E-state index in [4.69, 9.17) is 15.0 Å². The molecule has 0 aliphatic heterocycles. The molecule has 2 aromatic heterocycles. The number of nitrogens with zero attached hydrogens (tertiary/aromatic N) is 3. The molecule has 0 unspecified atom stereocenters. The Labute approximate surface area is 346 Å². The number of rotatable bonds is 7. The third kappa shape index (κ3) is 6.46. The van der Waals surface area contributed by atoms with Crippen molar-refractivity contribution in [2.24, 2.45) is 0 Å². The minimum Gasteiger partial charge on any atom is -0.208 e. The van der Waals surface area contributed by atoms with Gasteiger partial charge in [0, 0.05) is 36.9 Å². The Morgan fingerprint density at radius 2 is 0.661 bits per heavy atom. The summed E-state index contributed by atoms with van der Waals surface area (Å²) in [6.45, 7) is 0. The molecule has 0 aliphatic rings. The highest BCUT2D eigenvalue weighted by atomic mass is 32.1. The summed E-state index contributed by atoms with van der Waals surface area (Å²) in [6, 6.07) is 75.3. The summed E-state index contributed by atoms with van der Waals surface area (Å²) in [6.07, 6.45) is 0. The molecule has 0 saturated carbocycles. The van der Waals surface area contributed by atoms with Gasteiger partial charge >= 0.3 is 0 Å². The van der Waals surface area contributed by atoms with Crippen molar-refractivity contribution in [2.75, 3.05) is 0 Å². The molecule has 11 aromatic rings. The molecule has 0 aliphatic carbocycles. The van der Waals surface area contributed by atoms with Gasteiger partial charge in [0.25, 0.3) is 0 Å². The molecule has 0 saturated heterocycles. The Balaban J connectivity index is 0.937. The molecule has 0 amide bonds. The van der Waals surface area contributed by atoms with Gasteiger partial charge in [-0.05, 0) is 73.5 Å². The van der Waals surface area contributed by atoms with Crippen molar-refractivity contribution in [1.29, 1.82) is 0 Å². The lowest BCUT2D eigenvalue weighted by Crippen LogP contribution is -2.01. The Hall–Kier alpha value is -7.53. The lowest BCUT2D eigenvalue weighted by Gasteiger charge is -2.14. The van der Waals surface area contributed by atoms with Crippen LogP contribution in [0.25, 0.3) is 110 Å². The first kappa shape index (κ1) is 34.7. The van der Waals surface area contributed by atoms with Crippen molar-refractivity contribution in [3.05, 3.63) is 212 Å². The number of hydrogen-bond donors (Lipinski definition) is 0. The van der Waals surface area contributed by atoms with E-state index in [0.29, 0.717) is 17.5 Å². The maximum absolute atomic E-state index is 5.11. The monoisotopic (exact) mass is 769 g/mol. The second kappa shape index (κ2) is 14.8. The smallest absolute Gasteiger partial charge is 0.164 e. The molecule has 0 N–H and O–H groups in total. The van der Waals surface area contributed by atoms with Crippen LogP contribution in [-0.4, -0.2) is 15.0 Å². The lowest BCUT2D eigenvalue weighted by atomic mass is 9.91. The van der Waals surface area contributed by atoms with E-state index in [1.165, 1.54) is 58.8 Å². The van der Waals surface area contributed by atoms with E-state index < -0.39 is 0 Å². The SMILES string of the molecule is c1ccc(-c2nc(-c3ccc(-c4ccc(-c5ccc(-c6ccc7sc8ccccc8c7c6)cc5)c5ccccc45)cc3)nc(-c3ccccc3-c3ccccc3)n2)cc1. The van der Waals surface area contributed by atoms with Crippen molar-refractivity contribution in [3.63, 3.8) is 0 Å². The summed E-state index contributed by atoms with van der Waals surface area (Å²) in [5, 5.41) is 5.08. The molecular formula is C55H35N3S. The van der Waals surface area contributed by atoms with E-state index in [0.717, 1.165) is 33.4 Å². The second-order valence-electron chi connectivity index (χ2n) is 14.8. The first-order valence-corrected chi connectivity index (χ1v) is 20.7. The van der Waals surface area contributed by atoms with E-state index in [2.05, 4.69) is 170 Å². The number of thiophene rings is 1. The van der Waals surface area contributed by atoms with Crippen LogP contribution in [0.5, 0.6) is 0 Å². The molecule has 0 atom stereocenters. The number of fused-ring (bicyclic) bond motifs is 4. The number of benzene rings is 9. The quantitative estimate of drug-likeness (QED) is 0.162. The van der Waals surface area contributed by atoms with Gasteiger partial charge < -0.3 is 0 Å². The summed E-state index contributed by atoms with van der Waals surface area (Å²) in [5.41, 5.74) is 12.2. The van der Waals surface area contributed by atoms with Crippen LogP contribution in [-0.2, 0) is 0 Å². The van der Waals surface area contributed by atoms with Crippen molar-refractivity contribution < 1.29 is 0 Å². The van der Waals surface area contributed by atoms with Crippen LogP contribution in [0.3, 0.4) is 0 Å². The fraction of sp³-hybridized carbons (Fsp3) is 0. The molecule has 4 heteroatoms. The topological polar surface area (TPSA) is 38.7 Å². The van der Waals surface area contributed by atoms with E-state index >= 15 is 0 Å². The van der Waals surface area contributed by atoms with Gasteiger partial charge in [-0.1, -0.05) is 194 Å². The zero-order valence-electron chi connectivity index (χ0n) is 32.0. The average Bonchev–Trinajstić information content (AvgIpc) is 3.70. The summed E-state index contributed by atoms with van der Waals surface area (Å²) in [4.78, 5) is 15.2. The van der Waals surface area contributed by atoms with Crippen molar-refractivity contribution in [3.8, 4) is 78.7 Å². The van der Waals surface area contributed by atoms with Gasteiger partial charge in [0.1, 0.15) is 0 Å². The van der Waals surface area contributed by atoms with Crippen LogP contribution in [0, 0.1) is 0 Å². The first-order valence-electron chi connectivity index (χ1n) is 19.8. The van der Waals surface area contributed by atoms with E-state index in [-0.39, 0.29) is 0 Å². The molecule has 11 rings (SSSR count). The highest BCUT2D eigenvalue weighted by molar-refractivity contribution is 7.25. The van der Waals surface area contributed by atoms with Gasteiger partial charge in [-0.3, -0.25) is 0 Å². The molecule has 9 aromatic carbocycles. The predicted octanol–water partition coefficient (Wildman–Crippen LogP) is 15.1. The molecule has 2 heterocycles. The van der Waals surface area contributed by atoms with Crippen molar-refractivity contribution in [2.45, 2.75) is 0 Å². The van der Waals surface area contributed by atoms with Crippen LogP contribution in [0.2, 0.25) is 0 Å². The van der Waals surface area contributed by atoms with Gasteiger partial charge in [-0.2, -0.15) is 0 Å². The lowest BCUT2D eigenvalue weighted by molar-refractivity contribution is 1.07. The van der Waals surface area contributed by atoms with Crippen molar-refractivity contribution in [1.82, 2.24) is 15.0 Å². The third-order valence-electron chi connectivity index (χ3n) is 11.2. The summed E-state index contributed by atoms with van der Waals surface area (Å²) in [5.74, 6) is 1.92. The summed E-state index contributed by atoms with van der Waals surface area (Å²) < 4.78 is 2.65. The Morgan fingerprint density at radius 1 is 0.237 bits per heavy atom. The zero-order chi connectivity index (χ0) is 39.1. The van der Waals surface area contributed by atoms with Crippen LogP contribution in [0.1, 0.15) is 0 Å². The van der Waals surface area contributed by atoms with Gasteiger partial charge in [-0.25, -0.2) is 15.0 Å². The predicted molar refractivity (Wildman–Crippen MR) is 248 cm³/mol. The van der Waals surface area contributed by atoms with Crippen LogP contribution >= 0.6 is 11.3 Å². The Bertz CT molecular complexity index is 3300. The molecule has 0 bridgehead atoms. The summed E-state index contributed by atoms with van der Waals surface area (Å²) in [7, 11) is 0. The first-order chi connectivity index (χ1) is 29.2. The highest BCUT2D eigenvalue weighted by Crippen LogP contribution is 2.39. The molecule has 0 fully saturated rings. The van der Waals surface area contributed by atoms with Gasteiger partial charge in [0.05, 0.1) is 0 Å². The molecule has 59 heavy (non-hydrogen) atoms. The number of hydrogen-bond acceptors (Lipinski definition) is 4. The average molecular weight is 770 g/mol. The largest absolute Gasteiger partial charge is 0.208 e. The van der Waals surface area contributed by atoms with E-state index in [9.17, 15) is 0 Å². The third-order valence-corrected chi connectivity index (χ3v) is 12.4. The second-order valence-corrected chi connectivity index (χ2v) is 15.8. The van der Waals surface area contributed by atoms with E-state index in [1.807, 2.05) is 53.8 Å². The maximum Gasteiger partial charge on any atom is 0.164 e. The van der Waals surface area contributed by atoms with Crippen LogP contribution in [0.4, 0.5) is 0 Å². The van der Waals surface area contributed by atoms with Crippen LogP contribution < -0.4 is 0 Å². The summed E-state index contributed by atoms with van der Waals surface area (Å²) >= 11 is 1.86. The molecule has 276 valence electrons. The standard InChI is InChI=1S/C55H35N3S/c1-3-13-37(14-4-1)43-17-7-10-21-49(43)55-57-53(40-15-5-2-6-16-40)56-54(58-55)41-29-27-39(28-30-41)45-33-32-44(46-18-8-9-19-47(45)46)38-25-23-36(24-26-38)42-31-34-52-50(35-42)48-20-11-12-22-51(48)59-52/h1-35H. The normalized spacial score (nSPS) is 11.4. The van der Waals surface area contributed by atoms with Gasteiger partial charge in [-0.15, -0.1) is 11.3 Å². The minimum atomic E-state index is 0.635. The molecule has 0 radical (unpaired) electrons. The fourth-order valence-electron chi connectivity index (χ4n) is 8.24. The van der Waals surface area contributed by atoms with Gasteiger partial charge in [0.2, 0.25) is 0 Å². The molecular weight excluding hydrogens is 735 g/mol. The zero-order valence-corrected chi connectivity index (χ0v) is 32.8. The Kier molecular flexibility index (Phi) is 8.68. The number of aromatic nitrogens is 3. The Morgan fingerprint density at radius 3 is 1.31 bits per heavy atom. The molecule has 3 nitrogen and oxygen atoms in total. The minimum absolute atomic E-state index is 0.635.